The van der Waals surface area contributed by atoms with Crippen molar-refractivity contribution in [3.05, 3.63) is 0 Å². The molecule has 0 radical (unpaired) electrons. The van der Waals surface area contributed by atoms with Crippen molar-refractivity contribution in [2.75, 3.05) is 19.3 Å². The second-order valence-electron chi connectivity index (χ2n) is 3.13. The maximum absolute atomic E-state index is 11.2. The Morgan fingerprint density at radius 3 is 2.38 bits per heavy atom. The lowest BCUT2D eigenvalue weighted by atomic mass is 9.99. The van der Waals surface area contributed by atoms with Gasteiger partial charge in [0.25, 0.3) is 0 Å². The van der Waals surface area contributed by atoms with Crippen LogP contribution >= 0.6 is 0 Å². The van der Waals surface area contributed by atoms with E-state index in [1.54, 1.807) is 0 Å². The lowest BCUT2D eigenvalue weighted by Crippen LogP contribution is -2.33. The summed E-state index contributed by atoms with van der Waals surface area (Å²) in [4.78, 5) is 11.2. The summed E-state index contributed by atoms with van der Waals surface area (Å²) in [5, 5.41) is 3.08. The van der Waals surface area contributed by atoms with E-state index in [0.717, 1.165) is 19.3 Å². The van der Waals surface area contributed by atoms with Gasteiger partial charge in [-0.1, -0.05) is 0 Å². The first kappa shape index (κ1) is 10.5. The van der Waals surface area contributed by atoms with Gasteiger partial charge in [0, 0.05) is 0 Å². The molecule has 0 amide bonds. The molecule has 13 heavy (non-hydrogen) atoms. The smallest absolute Gasteiger partial charge is 0.325 e. The highest BCUT2D eigenvalue weighted by Crippen LogP contribution is 2.14. The van der Waals surface area contributed by atoms with Crippen molar-refractivity contribution in [2.45, 2.75) is 12.8 Å². The van der Waals surface area contributed by atoms with Gasteiger partial charge in [-0.15, -0.1) is 0 Å². The Bertz CT molecular complexity index is 279. The van der Waals surface area contributed by atoms with Crippen LogP contribution in [0, 0.1) is 5.92 Å². The van der Waals surface area contributed by atoms with Crippen LogP contribution in [0.4, 0.5) is 0 Å². The van der Waals surface area contributed by atoms with Crippen LogP contribution in [-0.2, 0) is 19.1 Å². The van der Waals surface area contributed by atoms with Crippen molar-refractivity contribution in [3.63, 3.8) is 0 Å². The average Bonchev–Trinajstić information content (AvgIpc) is 2.03. The van der Waals surface area contributed by atoms with Gasteiger partial charge in [-0.3, -0.25) is 4.79 Å². The molecule has 0 unspecified atom stereocenters. The maximum Gasteiger partial charge on any atom is 0.325 e. The van der Waals surface area contributed by atoms with E-state index in [2.05, 4.69) is 9.50 Å². The standard InChI is InChI=1S/C7H13NO4S/c1-13(10,11)12-7(9)6-2-4-8-5-3-6/h6,8H,2-5H2,1H3. The zero-order chi connectivity index (χ0) is 9.90. The second kappa shape index (κ2) is 4.06. The van der Waals surface area contributed by atoms with Gasteiger partial charge >= 0.3 is 16.1 Å². The fourth-order valence-electron chi connectivity index (χ4n) is 1.27. The van der Waals surface area contributed by atoms with Gasteiger partial charge in [0.05, 0.1) is 12.2 Å². The van der Waals surface area contributed by atoms with Crippen molar-refractivity contribution in [3.8, 4) is 0 Å². The van der Waals surface area contributed by atoms with E-state index < -0.39 is 16.1 Å². The molecule has 0 aromatic heterocycles. The lowest BCUT2D eigenvalue weighted by Gasteiger charge is -2.19. The van der Waals surface area contributed by atoms with Crippen LogP contribution in [0.5, 0.6) is 0 Å². The predicted octanol–water partition coefficient (Wildman–Crippen LogP) is -0.511. The van der Waals surface area contributed by atoms with Crippen LogP contribution in [0.2, 0.25) is 0 Å². The van der Waals surface area contributed by atoms with Crippen molar-refractivity contribution in [1.29, 1.82) is 0 Å². The third-order valence-corrected chi connectivity index (χ3v) is 2.37. The normalized spacial score (nSPS) is 19.8. The molecule has 0 saturated carbocycles. The van der Waals surface area contributed by atoms with Gasteiger partial charge < -0.3 is 9.50 Å². The average molecular weight is 207 g/mol. The molecular weight excluding hydrogens is 194 g/mol. The van der Waals surface area contributed by atoms with E-state index in [-0.39, 0.29) is 5.92 Å². The Labute approximate surface area is 77.6 Å². The largest absolute Gasteiger partial charge is 0.346 e. The number of rotatable bonds is 2. The van der Waals surface area contributed by atoms with E-state index in [4.69, 9.17) is 0 Å². The van der Waals surface area contributed by atoms with Crippen molar-refractivity contribution < 1.29 is 17.4 Å². The van der Waals surface area contributed by atoms with Gasteiger partial charge in [-0.25, -0.2) is 0 Å². The number of carbonyl (C=O) groups excluding carboxylic acids is 1. The summed E-state index contributed by atoms with van der Waals surface area (Å²) in [6.07, 6.45) is 2.18. The Hall–Kier alpha value is -0.620. The minimum atomic E-state index is -3.64. The maximum atomic E-state index is 11.2. The number of hydrogen-bond donors (Lipinski definition) is 1. The fourth-order valence-corrected chi connectivity index (χ4v) is 1.71. The van der Waals surface area contributed by atoms with Crippen LogP contribution in [0.3, 0.4) is 0 Å². The molecule has 1 N–H and O–H groups in total. The summed E-state index contributed by atoms with van der Waals surface area (Å²) < 4.78 is 25.5. The van der Waals surface area contributed by atoms with Crippen LogP contribution in [0.25, 0.3) is 0 Å². The lowest BCUT2D eigenvalue weighted by molar-refractivity contribution is -0.139. The SMILES string of the molecule is CS(=O)(=O)OC(=O)C1CCNCC1. The highest BCUT2D eigenvalue weighted by atomic mass is 32.2. The van der Waals surface area contributed by atoms with Crippen LogP contribution in [0.15, 0.2) is 0 Å². The van der Waals surface area contributed by atoms with Crippen molar-refractivity contribution in [2.24, 2.45) is 5.92 Å². The first-order valence-electron chi connectivity index (χ1n) is 4.13. The topological polar surface area (TPSA) is 72.5 Å². The van der Waals surface area contributed by atoms with Gasteiger partial charge in [-0.05, 0) is 25.9 Å². The summed E-state index contributed by atoms with van der Waals surface area (Å²) in [6.45, 7) is 1.48. The third kappa shape index (κ3) is 3.73. The minimum absolute atomic E-state index is 0.268. The molecule has 0 bridgehead atoms. The first-order valence-corrected chi connectivity index (χ1v) is 5.95. The van der Waals surface area contributed by atoms with Crippen LogP contribution < -0.4 is 5.32 Å². The molecule has 0 aromatic carbocycles. The van der Waals surface area contributed by atoms with E-state index >= 15 is 0 Å². The van der Waals surface area contributed by atoms with Gasteiger partial charge in [0.1, 0.15) is 0 Å². The molecule has 1 aliphatic rings. The number of nitrogens with one attached hydrogen (secondary N) is 1. The molecule has 1 fully saturated rings. The molecule has 0 aromatic rings. The van der Waals surface area contributed by atoms with Gasteiger partial charge in [0.15, 0.2) is 0 Å². The van der Waals surface area contributed by atoms with Gasteiger partial charge in [0.2, 0.25) is 0 Å². The zero-order valence-electron chi connectivity index (χ0n) is 7.45. The molecule has 1 heterocycles. The predicted molar refractivity (Wildman–Crippen MR) is 46.5 cm³/mol. The fraction of sp³-hybridized carbons (Fsp3) is 0.857. The number of hydrogen-bond acceptors (Lipinski definition) is 5. The molecule has 0 aliphatic carbocycles. The highest BCUT2D eigenvalue weighted by molar-refractivity contribution is 7.86. The monoisotopic (exact) mass is 207 g/mol. The molecule has 1 aliphatic heterocycles. The Morgan fingerprint density at radius 1 is 1.38 bits per heavy atom. The first-order chi connectivity index (χ1) is 5.99. The Balaban J connectivity index is 2.47. The van der Waals surface area contributed by atoms with E-state index in [1.165, 1.54) is 0 Å². The van der Waals surface area contributed by atoms with Crippen LogP contribution in [-0.4, -0.2) is 33.7 Å². The van der Waals surface area contributed by atoms with Crippen molar-refractivity contribution in [1.82, 2.24) is 5.32 Å². The zero-order valence-corrected chi connectivity index (χ0v) is 8.26. The molecule has 6 heteroatoms. The molecule has 0 spiro atoms. The number of carbonyl (C=O) groups is 1. The third-order valence-electron chi connectivity index (χ3n) is 1.91. The van der Waals surface area contributed by atoms with Crippen molar-refractivity contribution >= 4 is 16.1 Å². The summed E-state index contributed by atoms with van der Waals surface area (Å²) >= 11 is 0. The minimum Gasteiger partial charge on any atom is -0.346 e. The molecular formula is C7H13NO4S. The molecule has 5 nitrogen and oxygen atoms in total. The molecule has 0 atom stereocenters. The highest BCUT2D eigenvalue weighted by Gasteiger charge is 2.24. The van der Waals surface area contributed by atoms with E-state index in [1.807, 2.05) is 0 Å². The molecule has 1 rings (SSSR count). The summed E-state index contributed by atoms with van der Waals surface area (Å²) in [5.41, 5.74) is 0. The Kier molecular flexibility index (Phi) is 3.27. The summed E-state index contributed by atoms with van der Waals surface area (Å²) in [7, 11) is -3.64. The van der Waals surface area contributed by atoms with E-state index in [9.17, 15) is 13.2 Å². The summed E-state index contributed by atoms with van der Waals surface area (Å²) in [5.74, 6) is -0.889. The molecule has 1 saturated heterocycles. The summed E-state index contributed by atoms with van der Waals surface area (Å²) in [6, 6.07) is 0. The van der Waals surface area contributed by atoms with Gasteiger partial charge in [-0.2, -0.15) is 8.42 Å². The second-order valence-corrected chi connectivity index (χ2v) is 4.71. The quantitative estimate of drug-likeness (QED) is 0.617. The number of piperidine rings is 1. The van der Waals surface area contributed by atoms with Crippen LogP contribution in [0.1, 0.15) is 12.8 Å². The Morgan fingerprint density at radius 2 is 1.92 bits per heavy atom. The van der Waals surface area contributed by atoms with E-state index in [0.29, 0.717) is 12.8 Å². The molecule has 76 valence electrons.